The molecule has 0 aromatic carbocycles. The molecule has 1 aliphatic heterocycles. The minimum atomic E-state index is 0. The van der Waals surface area contributed by atoms with Crippen LogP contribution in [0.1, 0.15) is 46.0 Å². The lowest BCUT2D eigenvalue weighted by Gasteiger charge is -2.33. The van der Waals surface area contributed by atoms with Gasteiger partial charge in [0.2, 0.25) is 5.91 Å². The van der Waals surface area contributed by atoms with Gasteiger partial charge in [0.1, 0.15) is 0 Å². The van der Waals surface area contributed by atoms with Crippen LogP contribution < -0.4 is 11.1 Å². The molecule has 0 spiro atoms. The van der Waals surface area contributed by atoms with Crippen molar-refractivity contribution >= 4 is 30.7 Å². The monoisotopic (exact) mass is 371 g/mol. The predicted octanol–water partition coefficient (Wildman–Crippen LogP) is 2.21. The van der Waals surface area contributed by atoms with Crippen LogP contribution in [0.25, 0.3) is 0 Å². The fourth-order valence-corrected chi connectivity index (χ4v) is 2.69. The second-order valence-electron chi connectivity index (χ2n) is 6.40. The van der Waals surface area contributed by atoms with Gasteiger partial charge >= 0.3 is 0 Å². The van der Waals surface area contributed by atoms with Crippen molar-refractivity contribution in [2.75, 3.05) is 39.3 Å². The Labute approximate surface area is 153 Å². The first-order valence-electron chi connectivity index (χ1n) is 8.42. The molecular weight excluding hydrogens is 337 g/mol. The number of morpholine rings is 1. The molecule has 1 rings (SSSR count). The minimum absolute atomic E-state index is 0. The third-order valence-corrected chi connectivity index (χ3v) is 3.73. The number of unbranched alkanes of at least 4 members (excludes halogenated alkanes) is 3. The van der Waals surface area contributed by atoms with Crippen LogP contribution in [0.5, 0.6) is 0 Å². The van der Waals surface area contributed by atoms with E-state index in [1.165, 1.54) is 0 Å². The van der Waals surface area contributed by atoms with Crippen LogP contribution in [-0.4, -0.2) is 56.2 Å². The van der Waals surface area contributed by atoms with Gasteiger partial charge in [0.05, 0.1) is 12.7 Å². The molecule has 0 radical (unpaired) electrons. The average molecular weight is 372 g/mol. The maximum Gasteiger partial charge on any atom is 0.220 e. The average Bonchev–Trinajstić information content (AvgIpc) is 2.44. The van der Waals surface area contributed by atoms with Crippen molar-refractivity contribution in [1.82, 2.24) is 10.2 Å². The Hall–Kier alpha value is -0.0700. The van der Waals surface area contributed by atoms with E-state index < -0.39 is 0 Å². The summed E-state index contributed by atoms with van der Waals surface area (Å²) in [5, 5.41) is 3.00. The molecule has 1 heterocycles. The van der Waals surface area contributed by atoms with E-state index in [9.17, 15) is 4.79 Å². The van der Waals surface area contributed by atoms with Crippen LogP contribution in [0.2, 0.25) is 0 Å². The molecule has 1 saturated heterocycles. The highest BCUT2D eigenvalue weighted by Gasteiger charge is 2.21. The van der Waals surface area contributed by atoms with Gasteiger partial charge in [0, 0.05) is 32.6 Å². The number of rotatable bonds is 10. The molecule has 1 atom stereocenters. The Bertz CT molecular complexity index is 294. The van der Waals surface area contributed by atoms with E-state index in [4.69, 9.17) is 10.5 Å². The van der Waals surface area contributed by atoms with E-state index in [2.05, 4.69) is 24.1 Å². The summed E-state index contributed by atoms with van der Waals surface area (Å²) in [4.78, 5) is 14.2. The van der Waals surface area contributed by atoms with Gasteiger partial charge in [0.15, 0.2) is 0 Å². The van der Waals surface area contributed by atoms with Crippen molar-refractivity contribution in [3.8, 4) is 0 Å². The van der Waals surface area contributed by atoms with Gasteiger partial charge < -0.3 is 15.8 Å². The van der Waals surface area contributed by atoms with Gasteiger partial charge in [0.25, 0.3) is 0 Å². The Morgan fingerprint density at radius 2 is 1.96 bits per heavy atom. The summed E-state index contributed by atoms with van der Waals surface area (Å²) in [5.74, 6) is 0.819. The topological polar surface area (TPSA) is 67.6 Å². The fraction of sp³-hybridized carbons (Fsp3) is 0.938. The van der Waals surface area contributed by atoms with E-state index in [0.29, 0.717) is 18.9 Å². The summed E-state index contributed by atoms with van der Waals surface area (Å²) in [6.45, 7) is 9.65. The van der Waals surface area contributed by atoms with E-state index in [0.717, 1.165) is 58.5 Å². The van der Waals surface area contributed by atoms with E-state index in [1.807, 2.05) is 0 Å². The predicted molar refractivity (Wildman–Crippen MR) is 101 cm³/mol. The molecule has 1 fully saturated rings. The van der Waals surface area contributed by atoms with Crippen molar-refractivity contribution in [3.05, 3.63) is 0 Å². The second-order valence-corrected chi connectivity index (χ2v) is 6.40. The zero-order valence-electron chi connectivity index (χ0n) is 14.6. The normalized spacial score (nSPS) is 18.2. The number of amides is 1. The van der Waals surface area contributed by atoms with Crippen LogP contribution in [0.3, 0.4) is 0 Å². The molecule has 0 aliphatic carbocycles. The van der Waals surface area contributed by atoms with Gasteiger partial charge in [-0.25, -0.2) is 0 Å². The first kappa shape index (κ1) is 25.2. The molecule has 0 aromatic heterocycles. The van der Waals surface area contributed by atoms with Gasteiger partial charge in [-0.15, -0.1) is 24.8 Å². The molecule has 0 saturated carbocycles. The van der Waals surface area contributed by atoms with Gasteiger partial charge in [-0.2, -0.15) is 0 Å². The van der Waals surface area contributed by atoms with E-state index in [1.54, 1.807) is 0 Å². The van der Waals surface area contributed by atoms with Gasteiger partial charge in [-0.3, -0.25) is 9.69 Å². The minimum Gasteiger partial charge on any atom is -0.374 e. The van der Waals surface area contributed by atoms with Crippen LogP contribution >= 0.6 is 24.8 Å². The molecule has 3 N–H and O–H groups in total. The summed E-state index contributed by atoms with van der Waals surface area (Å²) >= 11 is 0. The highest BCUT2D eigenvalue weighted by molar-refractivity contribution is 5.85. The van der Waals surface area contributed by atoms with Crippen molar-refractivity contribution in [2.24, 2.45) is 11.7 Å². The number of nitrogens with two attached hydrogens (primary N) is 1. The Kier molecular flexibility index (Phi) is 16.9. The molecule has 5 nitrogen and oxygen atoms in total. The largest absolute Gasteiger partial charge is 0.374 e. The summed E-state index contributed by atoms with van der Waals surface area (Å²) in [7, 11) is 0. The maximum atomic E-state index is 11.8. The maximum absolute atomic E-state index is 11.8. The molecule has 7 heteroatoms. The summed E-state index contributed by atoms with van der Waals surface area (Å²) < 4.78 is 5.73. The summed E-state index contributed by atoms with van der Waals surface area (Å²) in [6.07, 6.45) is 4.98. The highest BCUT2D eigenvalue weighted by Crippen LogP contribution is 2.08. The number of halogens is 2. The number of hydrogen-bond donors (Lipinski definition) is 2. The van der Waals surface area contributed by atoms with Gasteiger partial charge in [-0.05, 0) is 25.3 Å². The first-order valence-corrected chi connectivity index (χ1v) is 8.42. The number of ether oxygens (including phenoxy) is 1. The van der Waals surface area contributed by atoms with E-state index >= 15 is 0 Å². The number of hydrogen-bond acceptors (Lipinski definition) is 4. The van der Waals surface area contributed by atoms with Crippen molar-refractivity contribution in [2.45, 2.75) is 52.1 Å². The molecule has 1 amide bonds. The smallest absolute Gasteiger partial charge is 0.220 e. The van der Waals surface area contributed by atoms with Gasteiger partial charge in [-0.1, -0.05) is 26.7 Å². The fourth-order valence-electron chi connectivity index (χ4n) is 2.69. The highest BCUT2D eigenvalue weighted by atomic mass is 35.5. The molecule has 1 unspecified atom stereocenters. The molecule has 140 valence electrons. The third-order valence-electron chi connectivity index (χ3n) is 3.73. The molecule has 0 bridgehead atoms. The van der Waals surface area contributed by atoms with Crippen LogP contribution in [0.15, 0.2) is 0 Å². The Morgan fingerprint density at radius 3 is 2.61 bits per heavy atom. The Balaban J connectivity index is 0. The second kappa shape index (κ2) is 15.5. The van der Waals surface area contributed by atoms with Crippen molar-refractivity contribution in [3.63, 3.8) is 0 Å². The zero-order chi connectivity index (χ0) is 15.5. The zero-order valence-corrected chi connectivity index (χ0v) is 16.2. The lowest BCUT2D eigenvalue weighted by molar-refractivity contribution is -0.122. The number of nitrogens with zero attached hydrogens (tertiary/aromatic N) is 1. The Morgan fingerprint density at radius 1 is 1.26 bits per heavy atom. The van der Waals surface area contributed by atoms with Crippen LogP contribution in [-0.2, 0) is 9.53 Å². The lowest BCUT2D eigenvalue weighted by Crippen LogP contribution is -2.48. The van der Waals surface area contributed by atoms with E-state index in [-0.39, 0.29) is 36.8 Å². The number of nitrogens with one attached hydrogen (secondary N) is 1. The summed E-state index contributed by atoms with van der Waals surface area (Å²) in [5.41, 5.74) is 5.44. The molecule has 1 aliphatic rings. The molecular formula is C16H35Cl2N3O2. The number of carbonyl (C=O) groups is 1. The third kappa shape index (κ3) is 13.0. The number of carbonyl (C=O) groups excluding carboxylic acids is 1. The van der Waals surface area contributed by atoms with Crippen LogP contribution in [0, 0.1) is 5.92 Å². The van der Waals surface area contributed by atoms with Crippen molar-refractivity contribution in [1.29, 1.82) is 0 Å². The lowest BCUT2D eigenvalue weighted by atomic mass is 10.1. The van der Waals surface area contributed by atoms with Crippen LogP contribution in [0.4, 0.5) is 0 Å². The standard InChI is InChI=1S/C16H33N3O2.2ClH/c1-14(2)12-19-9-10-21-15(13-19)11-18-16(20)7-5-3-4-6-8-17;;/h14-15H,3-13,17H2,1-2H3,(H,18,20);2*1H. The quantitative estimate of drug-likeness (QED) is 0.577. The SMILES string of the molecule is CC(C)CN1CCOC(CNC(=O)CCCCCCN)C1.Cl.Cl. The first-order chi connectivity index (χ1) is 10.1. The van der Waals surface area contributed by atoms with Crippen molar-refractivity contribution < 1.29 is 9.53 Å². The molecule has 0 aromatic rings. The molecule has 23 heavy (non-hydrogen) atoms. The summed E-state index contributed by atoms with van der Waals surface area (Å²) in [6, 6.07) is 0.